The molecule has 1 saturated carbocycles. The molecule has 132 valence electrons. The fourth-order valence-corrected chi connectivity index (χ4v) is 4.67. The molecule has 1 amide bonds. The summed E-state index contributed by atoms with van der Waals surface area (Å²) in [6.45, 7) is 0.740. The molecule has 2 aromatic rings. The summed E-state index contributed by atoms with van der Waals surface area (Å²) in [6.07, 6.45) is 0.682. The molecule has 2 aliphatic carbocycles. The van der Waals surface area contributed by atoms with E-state index in [0.29, 0.717) is 19.4 Å². The summed E-state index contributed by atoms with van der Waals surface area (Å²) in [7, 11) is 0. The molecule has 1 saturated heterocycles. The summed E-state index contributed by atoms with van der Waals surface area (Å²) in [5, 5.41) is 9.36. The predicted molar refractivity (Wildman–Crippen MR) is 94.9 cm³/mol. The number of hydrogen-bond acceptors (Lipinski definition) is 3. The van der Waals surface area contributed by atoms with E-state index in [9.17, 15) is 14.7 Å². The fraction of sp³-hybridized carbons (Fsp3) is 0.333. The Bertz CT molecular complexity index is 878. The van der Waals surface area contributed by atoms with E-state index in [2.05, 4.69) is 24.3 Å². The molecule has 2 aromatic carbocycles. The first kappa shape index (κ1) is 15.4. The molecule has 5 heteroatoms. The maximum absolute atomic E-state index is 12.5. The van der Waals surface area contributed by atoms with Crippen molar-refractivity contribution in [3.05, 3.63) is 59.7 Å². The van der Waals surface area contributed by atoms with Crippen LogP contribution < -0.4 is 0 Å². The normalized spacial score (nSPS) is 25.4. The number of piperidine rings is 1. The van der Waals surface area contributed by atoms with Crippen molar-refractivity contribution in [2.24, 2.45) is 5.41 Å². The van der Waals surface area contributed by atoms with Gasteiger partial charge >= 0.3 is 12.1 Å². The van der Waals surface area contributed by atoms with Gasteiger partial charge in [0.05, 0.1) is 11.5 Å². The second kappa shape index (κ2) is 5.34. The Kier molecular flexibility index (Phi) is 3.17. The van der Waals surface area contributed by atoms with Gasteiger partial charge in [-0.05, 0) is 35.1 Å². The average Bonchev–Trinajstić information content (AvgIpc) is 3.15. The largest absolute Gasteiger partial charge is 0.481 e. The molecule has 1 N–H and O–H groups in total. The van der Waals surface area contributed by atoms with Crippen LogP contribution >= 0.6 is 0 Å². The average molecular weight is 349 g/mol. The van der Waals surface area contributed by atoms with Crippen LogP contribution in [0.2, 0.25) is 0 Å². The first-order valence-corrected chi connectivity index (χ1v) is 8.97. The van der Waals surface area contributed by atoms with E-state index in [4.69, 9.17) is 4.74 Å². The Hall–Kier alpha value is -2.82. The molecule has 0 radical (unpaired) electrons. The molecule has 0 bridgehead atoms. The van der Waals surface area contributed by atoms with E-state index in [0.717, 1.165) is 0 Å². The van der Waals surface area contributed by atoms with Crippen molar-refractivity contribution >= 4 is 12.1 Å². The second-order valence-corrected chi connectivity index (χ2v) is 7.43. The molecule has 0 spiro atoms. The number of likely N-dealkylation sites (tertiary alicyclic amines) is 1. The number of carbonyl (C=O) groups is 2. The molecule has 0 aromatic heterocycles. The zero-order chi connectivity index (χ0) is 17.9. The second-order valence-electron chi connectivity index (χ2n) is 7.43. The van der Waals surface area contributed by atoms with E-state index in [1.54, 1.807) is 4.90 Å². The number of amides is 1. The number of benzene rings is 2. The summed E-state index contributed by atoms with van der Waals surface area (Å²) in [4.78, 5) is 25.5. The van der Waals surface area contributed by atoms with Gasteiger partial charge in [0.15, 0.2) is 0 Å². The Morgan fingerprint density at radius 2 is 1.69 bits per heavy atom. The number of nitrogens with zero attached hydrogens (tertiary/aromatic N) is 1. The lowest BCUT2D eigenvalue weighted by atomic mass is 9.98. The predicted octanol–water partition coefficient (Wildman–Crippen LogP) is 3.48. The maximum atomic E-state index is 12.5. The minimum absolute atomic E-state index is 0.0254. The van der Waals surface area contributed by atoms with Crippen molar-refractivity contribution < 1.29 is 19.4 Å². The van der Waals surface area contributed by atoms with Gasteiger partial charge in [0.25, 0.3) is 0 Å². The molecule has 1 aliphatic heterocycles. The maximum Gasteiger partial charge on any atom is 0.410 e. The van der Waals surface area contributed by atoms with Crippen molar-refractivity contribution in [3.63, 3.8) is 0 Å². The lowest BCUT2D eigenvalue weighted by molar-refractivity contribution is -0.143. The van der Waals surface area contributed by atoms with E-state index in [1.807, 2.05) is 24.3 Å². The van der Waals surface area contributed by atoms with Crippen LogP contribution in [0.15, 0.2) is 48.5 Å². The van der Waals surface area contributed by atoms with Crippen molar-refractivity contribution in [2.45, 2.75) is 24.8 Å². The Labute approximate surface area is 151 Å². The van der Waals surface area contributed by atoms with Crippen LogP contribution in [0.1, 0.15) is 29.9 Å². The number of hydrogen-bond donors (Lipinski definition) is 1. The van der Waals surface area contributed by atoms with Gasteiger partial charge in [0, 0.05) is 12.5 Å². The summed E-state index contributed by atoms with van der Waals surface area (Å²) in [5.74, 6) is -0.770. The third-order valence-corrected chi connectivity index (χ3v) is 6.21. The molecule has 5 rings (SSSR count). The highest BCUT2D eigenvalue weighted by Crippen LogP contribution is 2.57. The van der Waals surface area contributed by atoms with E-state index >= 15 is 0 Å². The summed E-state index contributed by atoms with van der Waals surface area (Å²) < 4.78 is 5.64. The van der Waals surface area contributed by atoms with E-state index in [1.165, 1.54) is 22.3 Å². The zero-order valence-corrected chi connectivity index (χ0v) is 14.2. The van der Waals surface area contributed by atoms with Crippen LogP contribution in [0.5, 0.6) is 0 Å². The molecule has 2 atom stereocenters. The zero-order valence-electron chi connectivity index (χ0n) is 14.2. The van der Waals surface area contributed by atoms with Gasteiger partial charge < -0.3 is 14.7 Å². The third-order valence-electron chi connectivity index (χ3n) is 6.21. The Balaban J connectivity index is 1.33. The number of ether oxygens (including phenoxy) is 1. The van der Waals surface area contributed by atoms with Crippen molar-refractivity contribution in [1.29, 1.82) is 0 Å². The molecule has 3 aliphatic rings. The smallest absolute Gasteiger partial charge is 0.410 e. The summed E-state index contributed by atoms with van der Waals surface area (Å²) >= 11 is 0. The van der Waals surface area contributed by atoms with Gasteiger partial charge in [-0.1, -0.05) is 48.5 Å². The minimum Gasteiger partial charge on any atom is -0.481 e. The first-order valence-electron chi connectivity index (χ1n) is 8.97. The number of carboxylic acids is 1. The summed E-state index contributed by atoms with van der Waals surface area (Å²) in [5.41, 5.74) is 4.02. The highest BCUT2D eigenvalue weighted by molar-refractivity contribution is 5.83. The number of rotatable bonds is 3. The molecular formula is C21H19NO4. The summed E-state index contributed by atoms with van der Waals surface area (Å²) in [6, 6.07) is 16.2. The quantitative estimate of drug-likeness (QED) is 0.921. The topological polar surface area (TPSA) is 66.8 Å². The lowest BCUT2D eigenvalue weighted by Crippen LogP contribution is -2.33. The van der Waals surface area contributed by atoms with Crippen molar-refractivity contribution in [2.75, 3.05) is 13.2 Å². The van der Waals surface area contributed by atoms with Gasteiger partial charge in [0.1, 0.15) is 6.61 Å². The van der Waals surface area contributed by atoms with Gasteiger partial charge in [-0.25, -0.2) is 4.79 Å². The van der Waals surface area contributed by atoms with Gasteiger partial charge in [-0.15, -0.1) is 0 Å². The fourth-order valence-electron chi connectivity index (χ4n) is 4.67. The van der Waals surface area contributed by atoms with Gasteiger partial charge in [-0.3, -0.25) is 4.79 Å². The molecular weight excluding hydrogens is 330 g/mol. The van der Waals surface area contributed by atoms with Crippen LogP contribution in [0.25, 0.3) is 11.1 Å². The third kappa shape index (κ3) is 2.03. The highest BCUT2D eigenvalue weighted by Gasteiger charge is 2.68. The minimum atomic E-state index is -0.795. The van der Waals surface area contributed by atoms with Crippen LogP contribution in [0, 0.1) is 5.41 Å². The van der Waals surface area contributed by atoms with Crippen LogP contribution in [-0.2, 0) is 9.53 Å². The first-order chi connectivity index (χ1) is 12.6. The van der Waals surface area contributed by atoms with Crippen LogP contribution in [0.3, 0.4) is 0 Å². The Morgan fingerprint density at radius 3 is 2.23 bits per heavy atom. The standard InChI is InChI=1S/C21H19NO4/c23-19(24)21-9-10-22(18(21)11-21)20(25)26-12-17-15-7-3-1-5-13(15)14-6-2-4-8-16(14)17/h1-8,17-18H,9-12H2,(H,23,24). The van der Waals surface area contributed by atoms with E-state index < -0.39 is 17.5 Å². The van der Waals surface area contributed by atoms with Crippen LogP contribution in [0.4, 0.5) is 4.79 Å². The molecule has 26 heavy (non-hydrogen) atoms. The van der Waals surface area contributed by atoms with Crippen molar-refractivity contribution in [1.82, 2.24) is 4.90 Å². The highest BCUT2D eigenvalue weighted by atomic mass is 16.6. The van der Waals surface area contributed by atoms with E-state index in [-0.39, 0.29) is 18.6 Å². The number of fused-ring (bicyclic) bond motifs is 4. The molecule has 2 fully saturated rings. The number of carboxylic acid groups (broad SMARTS) is 1. The van der Waals surface area contributed by atoms with Crippen LogP contribution in [-0.4, -0.2) is 41.3 Å². The van der Waals surface area contributed by atoms with Gasteiger partial charge in [-0.2, -0.15) is 0 Å². The SMILES string of the molecule is O=C(OCC1c2ccccc2-c2ccccc21)N1CCC2(C(=O)O)CC12. The monoisotopic (exact) mass is 349 g/mol. The molecule has 1 heterocycles. The Morgan fingerprint density at radius 1 is 1.08 bits per heavy atom. The van der Waals surface area contributed by atoms with Crippen molar-refractivity contribution in [3.8, 4) is 11.1 Å². The molecule has 5 nitrogen and oxygen atoms in total. The number of carbonyl (C=O) groups excluding carboxylic acids is 1. The van der Waals surface area contributed by atoms with Gasteiger partial charge in [0.2, 0.25) is 0 Å². The molecule has 2 unspecified atom stereocenters. The lowest BCUT2D eigenvalue weighted by Gasteiger charge is -2.20. The number of aliphatic carboxylic acids is 1.